The van der Waals surface area contributed by atoms with Crippen LogP contribution in [0.2, 0.25) is 0 Å². The molecule has 0 aliphatic rings. The van der Waals surface area contributed by atoms with Gasteiger partial charge in [0.1, 0.15) is 0 Å². The van der Waals surface area contributed by atoms with Gasteiger partial charge in [-0.15, -0.1) is 5.10 Å². The molecule has 0 saturated carbocycles. The first-order valence-corrected chi connectivity index (χ1v) is 6.86. The second-order valence-electron chi connectivity index (χ2n) is 4.62. The zero-order chi connectivity index (χ0) is 14.3. The highest BCUT2D eigenvalue weighted by Gasteiger charge is 2.06. The number of benzene rings is 1. The number of pyridine rings is 1. The van der Waals surface area contributed by atoms with Gasteiger partial charge in [0, 0.05) is 12.4 Å². The summed E-state index contributed by atoms with van der Waals surface area (Å²) in [5.74, 6) is 0.802. The van der Waals surface area contributed by atoms with Crippen LogP contribution in [0.25, 0.3) is 5.69 Å². The second-order valence-corrected chi connectivity index (χ2v) is 4.62. The Morgan fingerprint density at radius 1 is 1.00 bits per heavy atom. The predicted octanol–water partition coefficient (Wildman–Crippen LogP) is 1.39. The van der Waals surface area contributed by atoms with E-state index in [9.17, 15) is 0 Å². The lowest BCUT2D eigenvalue weighted by Gasteiger charge is -2.06. The third-order valence-electron chi connectivity index (χ3n) is 3.16. The van der Waals surface area contributed by atoms with Gasteiger partial charge in [0.15, 0.2) is 5.82 Å². The Morgan fingerprint density at radius 3 is 2.62 bits per heavy atom. The van der Waals surface area contributed by atoms with Crippen LogP contribution in [-0.4, -0.2) is 31.7 Å². The number of nitrogens with one attached hydrogen (secondary N) is 1. The Balaban J connectivity index is 1.56. The van der Waals surface area contributed by atoms with E-state index in [1.54, 1.807) is 4.68 Å². The SMILES string of the molecule is c1ccc(-n2nnnc2CNCCc2ccncc2)cc1. The van der Waals surface area contributed by atoms with Crippen molar-refractivity contribution in [3.05, 3.63) is 66.2 Å². The molecule has 0 radical (unpaired) electrons. The molecular formula is C15H16N6. The zero-order valence-electron chi connectivity index (χ0n) is 11.6. The second kappa shape index (κ2) is 6.71. The Labute approximate surface area is 122 Å². The van der Waals surface area contributed by atoms with Crippen LogP contribution in [0.1, 0.15) is 11.4 Å². The quantitative estimate of drug-likeness (QED) is 0.691. The Morgan fingerprint density at radius 2 is 1.81 bits per heavy atom. The highest BCUT2D eigenvalue weighted by Crippen LogP contribution is 2.06. The topological polar surface area (TPSA) is 68.5 Å². The molecular weight excluding hydrogens is 264 g/mol. The molecule has 0 spiro atoms. The van der Waals surface area contributed by atoms with Crippen LogP contribution < -0.4 is 5.32 Å². The molecule has 6 nitrogen and oxygen atoms in total. The van der Waals surface area contributed by atoms with E-state index in [1.165, 1.54) is 5.56 Å². The van der Waals surface area contributed by atoms with E-state index in [-0.39, 0.29) is 0 Å². The van der Waals surface area contributed by atoms with E-state index in [0.717, 1.165) is 24.5 Å². The number of rotatable bonds is 6. The van der Waals surface area contributed by atoms with Crippen molar-refractivity contribution in [1.82, 2.24) is 30.5 Å². The van der Waals surface area contributed by atoms with Crippen LogP contribution in [0, 0.1) is 0 Å². The minimum Gasteiger partial charge on any atom is -0.309 e. The molecule has 3 aromatic rings. The van der Waals surface area contributed by atoms with Crippen molar-refractivity contribution in [2.75, 3.05) is 6.54 Å². The number of para-hydroxylation sites is 1. The van der Waals surface area contributed by atoms with Crippen LogP contribution in [0.4, 0.5) is 0 Å². The maximum absolute atomic E-state index is 4.07. The summed E-state index contributed by atoms with van der Waals surface area (Å²) in [6.45, 7) is 1.50. The number of aromatic nitrogens is 5. The van der Waals surface area contributed by atoms with Crippen molar-refractivity contribution in [2.45, 2.75) is 13.0 Å². The maximum atomic E-state index is 4.07. The van der Waals surface area contributed by atoms with Crippen molar-refractivity contribution in [1.29, 1.82) is 0 Å². The van der Waals surface area contributed by atoms with Gasteiger partial charge in [-0.3, -0.25) is 4.98 Å². The Hall–Kier alpha value is -2.60. The summed E-state index contributed by atoms with van der Waals surface area (Å²) >= 11 is 0. The van der Waals surface area contributed by atoms with Crippen LogP contribution in [0.3, 0.4) is 0 Å². The molecule has 0 atom stereocenters. The monoisotopic (exact) mass is 280 g/mol. The maximum Gasteiger partial charge on any atom is 0.170 e. The fourth-order valence-electron chi connectivity index (χ4n) is 2.07. The summed E-state index contributed by atoms with van der Waals surface area (Å²) in [7, 11) is 0. The van der Waals surface area contributed by atoms with Crippen LogP contribution in [-0.2, 0) is 13.0 Å². The van der Waals surface area contributed by atoms with Crippen molar-refractivity contribution in [3.8, 4) is 5.69 Å². The van der Waals surface area contributed by atoms with E-state index in [2.05, 4.69) is 25.8 Å². The van der Waals surface area contributed by atoms with Gasteiger partial charge in [-0.1, -0.05) is 18.2 Å². The molecule has 1 aromatic carbocycles. The number of tetrazole rings is 1. The average molecular weight is 280 g/mol. The molecule has 3 rings (SSSR count). The Bertz CT molecular complexity index is 665. The van der Waals surface area contributed by atoms with Crippen LogP contribution in [0.5, 0.6) is 0 Å². The number of nitrogens with zero attached hydrogens (tertiary/aromatic N) is 5. The van der Waals surface area contributed by atoms with Crippen LogP contribution >= 0.6 is 0 Å². The third-order valence-corrected chi connectivity index (χ3v) is 3.16. The fraction of sp³-hybridized carbons (Fsp3) is 0.200. The molecule has 6 heteroatoms. The molecule has 2 heterocycles. The normalized spacial score (nSPS) is 10.7. The van der Waals surface area contributed by atoms with Crippen molar-refractivity contribution < 1.29 is 0 Å². The lowest BCUT2D eigenvalue weighted by atomic mass is 10.2. The zero-order valence-corrected chi connectivity index (χ0v) is 11.6. The molecule has 0 aliphatic carbocycles. The van der Waals surface area contributed by atoms with Gasteiger partial charge < -0.3 is 5.32 Å². The number of hydrogen-bond acceptors (Lipinski definition) is 5. The fourth-order valence-corrected chi connectivity index (χ4v) is 2.07. The molecule has 0 unspecified atom stereocenters. The average Bonchev–Trinajstić information content (AvgIpc) is 3.02. The summed E-state index contributed by atoms with van der Waals surface area (Å²) in [4.78, 5) is 4.01. The smallest absolute Gasteiger partial charge is 0.170 e. The standard InChI is InChI=1S/C15H16N6/c1-2-4-14(5-3-1)21-15(18-19-20-21)12-17-11-8-13-6-9-16-10-7-13/h1-7,9-10,17H,8,11-12H2. The van der Waals surface area contributed by atoms with E-state index in [1.807, 2.05) is 54.9 Å². The molecule has 0 fully saturated rings. The summed E-state index contributed by atoms with van der Waals surface area (Å²) < 4.78 is 1.75. The molecule has 0 bridgehead atoms. The van der Waals surface area contributed by atoms with Crippen molar-refractivity contribution >= 4 is 0 Å². The Kier molecular flexibility index (Phi) is 4.28. The summed E-state index contributed by atoms with van der Waals surface area (Å²) in [6.07, 6.45) is 4.58. The largest absolute Gasteiger partial charge is 0.309 e. The lowest BCUT2D eigenvalue weighted by molar-refractivity contribution is 0.640. The van der Waals surface area contributed by atoms with E-state index in [0.29, 0.717) is 6.54 Å². The molecule has 21 heavy (non-hydrogen) atoms. The molecule has 0 amide bonds. The number of hydrogen-bond donors (Lipinski definition) is 1. The first-order chi connectivity index (χ1) is 10.4. The predicted molar refractivity (Wildman–Crippen MR) is 78.8 cm³/mol. The van der Waals surface area contributed by atoms with Gasteiger partial charge in [-0.2, -0.15) is 4.68 Å². The van der Waals surface area contributed by atoms with Crippen molar-refractivity contribution in [3.63, 3.8) is 0 Å². The van der Waals surface area contributed by atoms with Gasteiger partial charge in [0.2, 0.25) is 0 Å². The van der Waals surface area contributed by atoms with Gasteiger partial charge >= 0.3 is 0 Å². The van der Waals surface area contributed by atoms with Crippen molar-refractivity contribution in [2.24, 2.45) is 0 Å². The molecule has 1 N–H and O–H groups in total. The van der Waals surface area contributed by atoms with E-state index < -0.39 is 0 Å². The summed E-state index contributed by atoms with van der Waals surface area (Å²) in [5, 5.41) is 15.2. The van der Waals surface area contributed by atoms with Gasteiger partial charge in [-0.25, -0.2) is 0 Å². The van der Waals surface area contributed by atoms with Gasteiger partial charge in [-0.05, 0) is 53.2 Å². The minimum absolute atomic E-state index is 0.632. The first-order valence-electron chi connectivity index (χ1n) is 6.86. The summed E-state index contributed by atoms with van der Waals surface area (Å²) in [5.41, 5.74) is 2.23. The van der Waals surface area contributed by atoms with Gasteiger partial charge in [0.25, 0.3) is 0 Å². The van der Waals surface area contributed by atoms with E-state index >= 15 is 0 Å². The highest BCUT2D eigenvalue weighted by atomic mass is 15.5. The molecule has 2 aromatic heterocycles. The first kappa shape index (κ1) is 13.4. The molecule has 0 aliphatic heterocycles. The van der Waals surface area contributed by atoms with E-state index in [4.69, 9.17) is 0 Å². The lowest BCUT2D eigenvalue weighted by Crippen LogP contribution is -2.19. The molecule has 0 saturated heterocycles. The van der Waals surface area contributed by atoms with Gasteiger partial charge in [0.05, 0.1) is 12.2 Å². The highest BCUT2D eigenvalue weighted by molar-refractivity contribution is 5.30. The third kappa shape index (κ3) is 3.49. The summed E-state index contributed by atoms with van der Waals surface area (Å²) in [6, 6.07) is 13.9. The van der Waals surface area contributed by atoms with Crippen LogP contribution in [0.15, 0.2) is 54.9 Å². The minimum atomic E-state index is 0.632. The molecule has 106 valence electrons.